The fourth-order valence-electron chi connectivity index (χ4n) is 2.53. The number of rotatable bonds is 4. The van der Waals surface area contributed by atoms with Crippen LogP contribution in [0.5, 0.6) is 0 Å². The maximum Gasteiger partial charge on any atom is 0.131 e. The van der Waals surface area contributed by atoms with Gasteiger partial charge in [-0.2, -0.15) is 10.2 Å². The maximum absolute atomic E-state index is 6.35. The summed E-state index contributed by atoms with van der Waals surface area (Å²) in [6.07, 6.45) is 3.73. The minimum atomic E-state index is 0.707. The van der Waals surface area contributed by atoms with Crippen LogP contribution in [-0.2, 0) is 6.42 Å². The highest BCUT2D eigenvalue weighted by Gasteiger charge is 2.19. The van der Waals surface area contributed by atoms with Gasteiger partial charge < -0.3 is 5.73 Å². The first-order valence-electron chi connectivity index (χ1n) is 7.15. The number of aryl methyl sites for hydroxylation is 1. The van der Waals surface area contributed by atoms with E-state index in [-0.39, 0.29) is 0 Å². The third-order valence-corrected chi connectivity index (χ3v) is 3.61. The minimum absolute atomic E-state index is 0.707. The number of hydrogen-bond donors (Lipinski definition) is 2. The van der Waals surface area contributed by atoms with Crippen LogP contribution in [0.15, 0.2) is 36.5 Å². The van der Waals surface area contributed by atoms with Gasteiger partial charge in [-0.1, -0.05) is 31.5 Å². The number of aromatic nitrogens is 4. The number of aromatic amines is 1. The van der Waals surface area contributed by atoms with Crippen LogP contribution < -0.4 is 5.73 Å². The van der Waals surface area contributed by atoms with Crippen molar-refractivity contribution in [2.45, 2.75) is 26.7 Å². The van der Waals surface area contributed by atoms with Gasteiger partial charge in [0.2, 0.25) is 0 Å². The molecule has 1 aromatic carbocycles. The summed E-state index contributed by atoms with van der Waals surface area (Å²) < 4.78 is 1.81. The molecule has 3 aromatic rings. The van der Waals surface area contributed by atoms with E-state index in [1.165, 1.54) is 0 Å². The van der Waals surface area contributed by atoms with E-state index in [9.17, 15) is 0 Å². The number of H-pyrrole nitrogens is 1. The van der Waals surface area contributed by atoms with Gasteiger partial charge in [0.1, 0.15) is 11.5 Å². The second kappa shape index (κ2) is 5.44. The van der Waals surface area contributed by atoms with Crippen molar-refractivity contribution in [3.05, 3.63) is 47.8 Å². The molecule has 3 N–H and O–H groups in total. The average Bonchev–Trinajstić information content (AvgIpc) is 3.05. The summed E-state index contributed by atoms with van der Waals surface area (Å²) >= 11 is 0. The van der Waals surface area contributed by atoms with Gasteiger partial charge >= 0.3 is 0 Å². The lowest BCUT2D eigenvalue weighted by atomic mass is 10.1. The topological polar surface area (TPSA) is 72.5 Å². The van der Waals surface area contributed by atoms with E-state index in [4.69, 9.17) is 10.8 Å². The molecule has 3 rings (SSSR count). The van der Waals surface area contributed by atoms with Crippen LogP contribution in [0.1, 0.15) is 24.6 Å². The van der Waals surface area contributed by atoms with Crippen LogP contribution in [0.25, 0.3) is 16.9 Å². The molecule has 0 aliphatic heterocycles. The number of anilines is 1. The van der Waals surface area contributed by atoms with Crippen molar-refractivity contribution >= 4 is 5.82 Å². The normalized spacial score (nSPS) is 11.0. The molecule has 0 amide bonds. The third kappa shape index (κ3) is 2.31. The monoisotopic (exact) mass is 281 g/mol. The fourth-order valence-corrected chi connectivity index (χ4v) is 2.53. The van der Waals surface area contributed by atoms with Crippen molar-refractivity contribution in [2.75, 3.05) is 5.73 Å². The van der Waals surface area contributed by atoms with Gasteiger partial charge in [-0.3, -0.25) is 5.10 Å². The zero-order valence-electron chi connectivity index (χ0n) is 12.3. The number of nitrogens with two attached hydrogens (primary N) is 1. The van der Waals surface area contributed by atoms with Gasteiger partial charge in [0.05, 0.1) is 11.9 Å². The summed E-state index contributed by atoms with van der Waals surface area (Å²) in [5, 5.41) is 11.8. The van der Waals surface area contributed by atoms with Gasteiger partial charge in [-0.05, 0) is 25.5 Å². The predicted molar refractivity (Wildman–Crippen MR) is 84.3 cm³/mol. The Labute approximate surface area is 123 Å². The molecule has 2 aromatic heterocycles. The Bertz CT molecular complexity index is 739. The Balaban J connectivity index is 2.19. The molecule has 0 aliphatic carbocycles. The SMILES string of the molecule is CCCc1c(-c2cn[nH]c2C)nn(-c2ccccc2)c1N. The number of nitrogen functional groups attached to an aromatic ring is 1. The number of nitrogens with zero attached hydrogens (tertiary/aromatic N) is 3. The first kappa shape index (κ1) is 13.4. The smallest absolute Gasteiger partial charge is 0.131 e. The van der Waals surface area contributed by atoms with E-state index in [1.54, 1.807) is 0 Å². The van der Waals surface area contributed by atoms with Crippen molar-refractivity contribution in [2.24, 2.45) is 0 Å². The maximum atomic E-state index is 6.35. The van der Waals surface area contributed by atoms with Crippen LogP contribution in [-0.4, -0.2) is 20.0 Å². The molecule has 0 radical (unpaired) electrons. The fraction of sp³-hybridized carbons (Fsp3) is 0.250. The number of hydrogen-bond acceptors (Lipinski definition) is 3. The van der Waals surface area contributed by atoms with Crippen molar-refractivity contribution in [1.29, 1.82) is 0 Å². The minimum Gasteiger partial charge on any atom is -0.383 e. The van der Waals surface area contributed by atoms with E-state index >= 15 is 0 Å². The Morgan fingerprint density at radius 1 is 1.24 bits per heavy atom. The molecular weight excluding hydrogens is 262 g/mol. The molecule has 0 bridgehead atoms. The summed E-state index contributed by atoms with van der Waals surface area (Å²) in [7, 11) is 0. The molecule has 5 heteroatoms. The number of para-hydroxylation sites is 1. The summed E-state index contributed by atoms with van der Waals surface area (Å²) in [6, 6.07) is 9.96. The molecular formula is C16H19N5. The van der Waals surface area contributed by atoms with Crippen molar-refractivity contribution in [1.82, 2.24) is 20.0 Å². The molecule has 0 spiro atoms. The second-order valence-electron chi connectivity index (χ2n) is 5.12. The van der Waals surface area contributed by atoms with Crippen LogP contribution in [0.4, 0.5) is 5.82 Å². The molecule has 2 heterocycles. The Morgan fingerprint density at radius 3 is 2.62 bits per heavy atom. The van der Waals surface area contributed by atoms with Crippen LogP contribution in [0.3, 0.4) is 0 Å². The van der Waals surface area contributed by atoms with Crippen molar-refractivity contribution in [3.63, 3.8) is 0 Å². The zero-order chi connectivity index (χ0) is 14.8. The predicted octanol–water partition coefficient (Wildman–Crippen LogP) is 3.11. The first-order valence-corrected chi connectivity index (χ1v) is 7.15. The van der Waals surface area contributed by atoms with Gasteiger partial charge in [-0.25, -0.2) is 4.68 Å². The van der Waals surface area contributed by atoms with Crippen LogP contribution >= 0.6 is 0 Å². The molecule has 5 nitrogen and oxygen atoms in total. The average molecular weight is 281 g/mol. The van der Waals surface area contributed by atoms with Gasteiger partial charge in [0, 0.05) is 16.8 Å². The van der Waals surface area contributed by atoms with E-state index in [0.717, 1.165) is 41.0 Å². The van der Waals surface area contributed by atoms with Gasteiger partial charge in [0.25, 0.3) is 0 Å². The number of benzene rings is 1. The van der Waals surface area contributed by atoms with E-state index in [1.807, 2.05) is 48.1 Å². The van der Waals surface area contributed by atoms with Gasteiger partial charge in [0.15, 0.2) is 0 Å². The molecule has 0 saturated heterocycles. The summed E-state index contributed by atoms with van der Waals surface area (Å²) in [6.45, 7) is 4.14. The number of nitrogens with one attached hydrogen (secondary N) is 1. The highest BCUT2D eigenvalue weighted by atomic mass is 15.3. The van der Waals surface area contributed by atoms with E-state index in [2.05, 4.69) is 17.1 Å². The van der Waals surface area contributed by atoms with E-state index < -0.39 is 0 Å². The third-order valence-electron chi connectivity index (χ3n) is 3.61. The molecule has 0 fully saturated rings. The highest BCUT2D eigenvalue weighted by molar-refractivity contribution is 5.70. The quantitative estimate of drug-likeness (QED) is 0.771. The Morgan fingerprint density at radius 2 is 2.00 bits per heavy atom. The largest absolute Gasteiger partial charge is 0.383 e. The van der Waals surface area contributed by atoms with Crippen molar-refractivity contribution < 1.29 is 0 Å². The lowest BCUT2D eigenvalue weighted by molar-refractivity contribution is 0.892. The molecule has 0 atom stereocenters. The van der Waals surface area contributed by atoms with Crippen LogP contribution in [0, 0.1) is 6.92 Å². The Hall–Kier alpha value is -2.56. The van der Waals surface area contributed by atoms with Crippen LogP contribution in [0.2, 0.25) is 0 Å². The summed E-state index contributed by atoms with van der Waals surface area (Å²) in [4.78, 5) is 0. The molecule has 108 valence electrons. The zero-order valence-corrected chi connectivity index (χ0v) is 12.3. The Kier molecular flexibility index (Phi) is 3.48. The lowest BCUT2D eigenvalue weighted by Crippen LogP contribution is -2.02. The highest BCUT2D eigenvalue weighted by Crippen LogP contribution is 2.31. The summed E-state index contributed by atoms with van der Waals surface area (Å²) in [5.74, 6) is 0.707. The van der Waals surface area contributed by atoms with Gasteiger partial charge in [-0.15, -0.1) is 0 Å². The summed E-state index contributed by atoms with van der Waals surface area (Å²) in [5.41, 5.74) is 11.3. The molecule has 21 heavy (non-hydrogen) atoms. The van der Waals surface area contributed by atoms with Crippen molar-refractivity contribution in [3.8, 4) is 16.9 Å². The lowest BCUT2D eigenvalue weighted by Gasteiger charge is -2.04. The standard InChI is InChI=1S/C16H19N5/c1-3-7-13-15(14-10-18-19-11(14)2)20-21(16(13)17)12-8-5-4-6-9-12/h4-6,8-10H,3,7,17H2,1-2H3,(H,18,19). The molecule has 0 saturated carbocycles. The molecule has 0 aliphatic rings. The first-order chi connectivity index (χ1) is 10.2. The van der Waals surface area contributed by atoms with E-state index in [0.29, 0.717) is 5.82 Å². The second-order valence-corrected chi connectivity index (χ2v) is 5.12. The molecule has 0 unspecified atom stereocenters.